The van der Waals surface area contributed by atoms with Gasteiger partial charge in [-0.1, -0.05) is 32.6 Å². The fourth-order valence-corrected chi connectivity index (χ4v) is 3.33. The SMILES string of the molecule is CC1CCN(C(=O)CCC2CCCC2)CC1Cl. The van der Waals surface area contributed by atoms with Crippen molar-refractivity contribution in [3.05, 3.63) is 0 Å². The second kappa shape index (κ2) is 6.08. The quantitative estimate of drug-likeness (QED) is 0.710. The summed E-state index contributed by atoms with van der Waals surface area (Å²) in [5, 5.41) is 0.152. The first kappa shape index (κ1) is 13.2. The number of nitrogens with zero attached hydrogens (tertiary/aromatic N) is 1. The van der Waals surface area contributed by atoms with E-state index in [9.17, 15) is 4.79 Å². The second-order valence-electron chi connectivity index (χ2n) is 5.81. The lowest BCUT2D eigenvalue weighted by Gasteiger charge is -2.34. The van der Waals surface area contributed by atoms with E-state index >= 15 is 0 Å². The van der Waals surface area contributed by atoms with Gasteiger partial charge in [0.05, 0.1) is 5.38 Å². The van der Waals surface area contributed by atoms with Crippen LogP contribution in [0.15, 0.2) is 0 Å². The molecule has 3 heteroatoms. The van der Waals surface area contributed by atoms with E-state index in [-0.39, 0.29) is 5.38 Å². The number of amides is 1. The molecular weight excluding hydrogens is 234 g/mol. The van der Waals surface area contributed by atoms with E-state index in [1.165, 1.54) is 25.7 Å². The highest BCUT2D eigenvalue weighted by Gasteiger charge is 2.27. The largest absolute Gasteiger partial charge is 0.341 e. The molecule has 0 aromatic rings. The molecule has 0 spiro atoms. The Bertz CT molecular complexity index is 263. The molecular formula is C14H24ClNO. The molecule has 2 fully saturated rings. The van der Waals surface area contributed by atoms with Crippen LogP contribution >= 0.6 is 11.6 Å². The van der Waals surface area contributed by atoms with Crippen LogP contribution in [-0.2, 0) is 4.79 Å². The van der Waals surface area contributed by atoms with Crippen molar-refractivity contribution in [2.45, 2.75) is 57.2 Å². The van der Waals surface area contributed by atoms with Gasteiger partial charge < -0.3 is 4.90 Å². The molecule has 0 aromatic heterocycles. The lowest BCUT2D eigenvalue weighted by atomic mass is 9.97. The zero-order valence-corrected chi connectivity index (χ0v) is 11.6. The molecule has 1 heterocycles. The minimum Gasteiger partial charge on any atom is -0.341 e. The molecule has 1 aliphatic carbocycles. The molecule has 2 atom stereocenters. The number of alkyl halides is 1. The van der Waals surface area contributed by atoms with E-state index in [2.05, 4.69) is 6.92 Å². The van der Waals surface area contributed by atoms with E-state index in [0.717, 1.165) is 38.3 Å². The van der Waals surface area contributed by atoms with Gasteiger partial charge >= 0.3 is 0 Å². The standard InChI is InChI=1S/C14H24ClNO/c1-11-8-9-16(10-13(11)15)14(17)7-6-12-4-2-3-5-12/h11-13H,2-10H2,1H3. The minimum absolute atomic E-state index is 0.152. The number of likely N-dealkylation sites (tertiary alicyclic amines) is 1. The van der Waals surface area contributed by atoms with Crippen molar-refractivity contribution in [3.63, 3.8) is 0 Å². The fourth-order valence-electron chi connectivity index (χ4n) is 3.03. The predicted molar refractivity (Wildman–Crippen MR) is 71.2 cm³/mol. The summed E-state index contributed by atoms with van der Waals surface area (Å²) in [5.74, 6) is 1.69. The molecule has 0 N–H and O–H groups in total. The Morgan fingerprint density at radius 1 is 1.29 bits per heavy atom. The van der Waals surface area contributed by atoms with Gasteiger partial charge in [0.2, 0.25) is 5.91 Å². The summed E-state index contributed by atoms with van der Waals surface area (Å²) >= 11 is 6.24. The maximum Gasteiger partial charge on any atom is 0.222 e. The van der Waals surface area contributed by atoms with Crippen LogP contribution in [0.2, 0.25) is 0 Å². The van der Waals surface area contributed by atoms with Crippen molar-refractivity contribution in [2.75, 3.05) is 13.1 Å². The summed E-state index contributed by atoms with van der Waals surface area (Å²) in [6.07, 6.45) is 8.29. The van der Waals surface area contributed by atoms with Crippen LogP contribution in [0.25, 0.3) is 0 Å². The molecule has 0 radical (unpaired) electrons. The van der Waals surface area contributed by atoms with Crippen LogP contribution in [0.3, 0.4) is 0 Å². The molecule has 98 valence electrons. The first-order chi connectivity index (χ1) is 8.16. The molecule has 2 aliphatic rings. The zero-order valence-electron chi connectivity index (χ0n) is 10.8. The maximum absolute atomic E-state index is 12.1. The van der Waals surface area contributed by atoms with E-state index in [1.807, 2.05) is 4.90 Å². The van der Waals surface area contributed by atoms with E-state index in [0.29, 0.717) is 11.8 Å². The van der Waals surface area contributed by atoms with Crippen LogP contribution in [0.4, 0.5) is 0 Å². The number of rotatable bonds is 3. The summed E-state index contributed by atoms with van der Waals surface area (Å²) in [4.78, 5) is 14.1. The van der Waals surface area contributed by atoms with Crippen molar-refractivity contribution in [1.82, 2.24) is 4.90 Å². The third-order valence-corrected chi connectivity index (χ3v) is 5.03. The zero-order chi connectivity index (χ0) is 12.3. The van der Waals surface area contributed by atoms with Gasteiger partial charge in [-0.2, -0.15) is 0 Å². The average molecular weight is 258 g/mol. The highest BCUT2D eigenvalue weighted by Crippen LogP contribution is 2.29. The van der Waals surface area contributed by atoms with Crippen molar-refractivity contribution >= 4 is 17.5 Å². The highest BCUT2D eigenvalue weighted by molar-refractivity contribution is 6.21. The van der Waals surface area contributed by atoms with Gasteiger partial charge in [0, 0.05) is 19.5 Å². The molecule has 1 saturated heterocycles. The van der Waals surface area contributed by atoms with Crippen LogP contribution < -0.4 is 0 Å². The van der Waals surface area contributed by atoms with E-state index in [1.54, 1.807) is 0 Å². The summed E-state index contributed by atoms with van der Waals surface area (Å²) in [5.41, 5.74) is 0. The smallest absolute Gasteiger partial charge is 0.222 e. The van der Waals surface area contributed by atoms with E-state index in [4.69, 9.17) is 11.6 Å². The highest BCUT2D eigenvalue weighted by atomic mass is 35.5. The number of hydrogen-bond donors (Lipinski definition) is 0. The molecule has 1 amide bonds. The Kier molecular flexibility index (Phi) is 4.72. The topological polar surface area (TPSA) is 20.3 Å². The molecule has 1 saturated carbocycles. The van der Waals surface area contributed by atoms with E-state index < -0.39 is 0 Å². The molecule has 2 rings (SSSR count). The number of carbonyl (C=O) groups excluding carboxylic acids is 1. The molecule has 0 aromatic carbocycles. The number of hydrogen-bond acceptors (Lipinski definition) is 1. The monoisotopic (exact) mass is 257 g/mol. The van der Waals surface area contributed by atoms with Crippen LogP contribution in [0, 0.1) is 11.8 Å². The number of piperidine rings is 1. The third kappa shape index (κ3) is 3.61. The molecule has 2 unspecified atom stereocenters. The number of carbonyl (C=O) groups is 1. The summed E-state index contributed by atoms with van der Waals surface area (Å²) in [6.45, 7) is 3.85. The maximum atomic E-state index is 12.1. The third-order valence-electron chi connectivity index (χ3n) is 4.46. The summed E-state index contributed by atoms with van der Waals surface area (Å²) in [7, 11) is 0. The van der Waals surface area contributed by atoms with Crippen LogP contribution in [-0.4, -0.2) is 29.3 Å². The lowest BCUT2D eigenvalue weighted by Crippen LogP contribution is -2.43. The molecule has 1 aliphatic heterocycles. The Morgan fingerprint density at radius 2 is 2.00 bits per heavy atom. The van der Waals surface area contributed by atoms with Gasteiger partial charge in [-0.05, 0) is 24.7 Å². The van der Waals surface area contributed by atoms with Crippen molar-refractivity contribution in [3.8, 4) is 0 Å². The fraction of sp³-hybridized carbons (Fsp3) is 0.929. The molecule has 0 bridgehead atoms. The van der Waals surface area contributed by atoms with Gasteiger partial charge in [0.15, 0.2) is 0 Å². The van der Waals surface area contributed by atoms with Crippen LogP contribution in [0.5, 0.6) is 0 Å². The number of halogens is 1. The van der Waals surface area contributed by atoms with Gasteiger partial charge in [-0.3, -0.25) is 4.79 Å². The summed E-state index contributed by atoms with van der Waals surface area (Å²) < 4.78 is 0. The van der Waals surface area contributed by atoms with Crippen molar-refractivity contribution in [2.24, 2.45) is 11.8 Å². The second-order valence-corrected chi connectivity index (χ2v) is 6.37. The van der Waals surface area contributed by atoms with Gasteiger partial charge in [0.1, 0.15) is 0 Å². The Labute approximate surface area is 110 Å². The summed E-state index contributed by atoms with van der Waals surface area (Å²) in [6, 6.07) is 0. The first-order valence-corrected chi connectivity index (χ1v) is 7.52. The average Bonchev–Trinajstić information content (AvgIpc) is 2.82. The normalized spacial score (nSPS) is 30.8. The predicted octanol–water partition coefficient (Wildman–Crippen LogP) is 3.43. The Hall–Kier alpha value is -0.240. The minimum atomic E-state index is 0.152. The van der Waals surface area contributed by atoms with Gasteiger partial charge in [0.25, 0.3) is 0 Å². The van der Waals surface area contributed by atoms with Crippen molar-refractivity contribution < 1.29 is 4.79 Å². The Balaban J connectivity index is 1.72. The Morgan fingerprint density at radius 3 is 2.65 bits per heavy atom. The first-order valence-electron chi connectivity index (χ1n) is 7.08. The lowest BCUT2D eigenvalue weighted by molar-refractivity contribution is -0.132. The molecule has 2 nitrogen and oxygen atoms in total. The van der Waals surface area contributed by atoms with Gasteiger partial charge in [-0.15, -0.1) is 11.6 Å². The van der Waals surface area contributed by atoms with Crippen molar-refractivity contribution in [1.29, 1.82) is 0 Å². The van der Waals surface area contributed by atoms with Gasteiger partial charge in [-0.25, -0.2) is 0 Å². The van der Waals surface area contributed by atoms with Crippen LogP contribution in [0.1, 0.15) is 51.9 Å². The molecule has 17 heavy (non-hydrogen) atoms.